The molecule has 2 atom stereocenters. The van der Waals surface area contributed by atoms with E-state index < -0.39 is 21.9 Å². The van der Waals surface area contributed by atoms with Crippen LogP contribution in [-0.4, -0.2) is 50.1 Å². The first-order chi connectivity index (χ1) is 21.0. The van der Waals surface area contributed by atoms with Crippen LogP contribution in [0, 0.1) is 5.82 Å². The molecule has 0 saturated carbocycles. The highest BCUT2D eigenvalue weighted by Gasteiger charge is 2.29. The molecule has 10 nitrogen and oxygen atoms in total. The van der Waals surface area contributed by atoms with E-state index in [4.69, 9.17) is 4.74 Å². The van der Waals surface area contributed by atoms with Gasteiger partial charge in [-0.25, -0.2) is 17.6 Å². The lowest BCUT2D eigenvalue weighted by Gasteiger charge is -2.40. The number of ether oxygens (including phenoxy) is 1. The highest BCUT2D eigenvalue weighted by atomic mass is 35.5. The number of hydrogen-bond acceptors (Lipinski definition) is 6. The lowest BCUT2D eigenvalue weighted by molar-refractivity contribution is -0.114. The third kappa shape index (κ3) is 11.5. The van der Waals surface area contributed by atoms with E-state index in [1.165, 1.54) is 25.1 Å². The van der Waals surface area contributed by atoms with Crippen LogP contribution in [0.4, 0.5) is 26.2 Å². The fourth-order valence-electron chi connectivity index (χ4n) is 5.26. The fraction of sp³-hybridized carbons (Fsp3) is 0.375. The summed E-state index contributed by atoms with van der Waals surface area (Å²) >= 11 is 0. The summed E-state index contributed by atoms with van der Waals surface area (Å²) in [5, 5.41) is 8.19. The summed E-state index contributed by atoms with van der Waals surface area (Å²) in [7, 11) is -3.34. The minimum atomic E-state index is -3.34. The standard InChI is InChI=1S/C32H40FN5O5S.ClH/c1-4-5-6-27-19-26(35-32(40)36-31-20-25(34-22(2)39)11-16-30(31)33)17-18-38(27)21-23-7-12-28(13-8-23)43-29-14-9-24(10-15-29)37-44(3,41)42;/h7-16,20,26-27,37H,4-6,17-19,21H2,1-3H3,(H,34,39)(H2,35,36,40);1H. The first-order valence-electron chi connectivity index (χ1n) is 14.7. The van der Waals surface area contributed by atoms with Crippen molar-refractivity contribution in [2.75, 3.05) is 28.2 Å². The first-order valence-corrected chi connectivity index (χ1v) is 16.6. The lowest BCUT2D eigenvalue weighted by atomic mass is 9.93. The van der Waals surface area contributed by atoms with Gasteiger partial charge in [-0.15, -0.1) is 12.4 Å². The summed E-state index contributed by atoms with van der Waals surface area (Å²) in [5.41, 5.74) is 2.02. The molecule has 0 radical (unpaired) electrons. The Labute approximate surface area is 270 Å². The summed E-state index contributed by atoms with van der Waals surface area (Å²) in [4.78, 5) is 26.6. The molecule has 2 unspecified atom stereocenters. The molecular formula is C32H41ClFN5O5S. The van der Waals surface area contributed by atoms with Crippen LogP contribution in [0.1, 0.15) is 51.5 Å². The van der Waals surface area contributed by atoms with Crippen LogP contribution in [0.5, 0.6) is 11.5 Å². The number of carbonyl (C=O) groups is 2. The van der Waals surface area contributed by atoms with Crippen LogP contribution in [-0.2, 0) is 21.4 Å². The number of unbranched alkanes of at least 4 members (excludes halogenated alkanes) is 1. The Kier molecular flexibility index (Phi) is 13.0. The highest BCUT2D eigenvalue weighted by molar-refractivity contribution is 7.92. The van der Waals surface area contributed by atoms with Crippen LogP contribution in [0.25, 0.3) is 0 Å². The number of nitrogens with one attached hydrogen (secondary N) is 4. The summed E-state index contributed by atoms with van der Waals surface area (Å²) in [6, 6.07) is 18.4. The number of urea groups is 1. The topological polar surface area (TPSA) is 129 Å². The average molecular weight is 662 g/mol. The number of amides is 3. The molecule has 0 bridgehead atoms. The van der Waals surface area contributed by atoms with E-state index in [1.807, 2.05) is 24.3 Å². The van der Waals surface area contributed by atoms with Gasteiger partial charge < -0.3 is 20.7 Å². The molecule has 4 N–H and O–H groups in total. The minimum Gasteiger partial charge on any atom is -0.457 e. The minimum absolute atomic E-state index is 0. The number of carbonyl (C=O) groups excluding carboxylic acids is 2. The van der Waals surface area contributed by atoms with Crippen molar-refractivity contribution in [1.82, 2.24) is 10.2 Å². The summed E-state index contributed by atoms with van der Waals surface area (Å²) in [5.74, 6) is 0.405. The maximum atomic E-state index is 14.3. The van der Waals surface area contributed by atoms with Crippen molar-refractivity contribution in [3.05, 3.63) is 78.1 Å². The zero-order chi connectivity index (χ0) is 31.7. The van der Waals surface area contributed by atoms with Gasteiger partial charge in [-0.05, 0) is 79.4 Å². The zero-order valence-corrected chi connectivity index (χ0v) is 27.3. The van der Waals surface area contributed by atoms with Crippen molar-refractivity contribution >= 4 is 51.4 Å². The van der Waals surface area contributed by atoms with Crippen molar-refractivity contribution in [3.63, 3.8) is 0 Å². The summed E-state index contributed by atoms with van der Waals surface area (Å²) < 4.78 is 45.5. The molecule has 3 aromatic rings. The second kappa shape index (κ2) is 16.4. The average Bonchev–Trinajstić information content (AvgIpc) is 2.96. The zero-order valence-electron chi connectivity index (χ0n) is 25.6. The Morgan fingerprint density at radius 2 is 1.62 bits per heavy atom. The Balaban J connectivity index is 0.00000552. The number of piperidine rings is 1. The molecule has 1 aliphatic heterocycles. The van der Waals surface area contributed by atoms with E-state index in [-0.39, 0.29) is 36.1 Å². The van der Waals surface area contributed by atoms with E-state index in [0.29, 0.717) is 22.9 Å². The third-order valence-corrected chi connectivity index (χ3v) is 7.91. The molecule has 0 spiro atoms. The van der Waals surface area contributed by atoms with Gasteiger partial charge in [0.2, 0.25) is 15.9 Å². The van der Waals surface area contributed by atoms with E-state index in [9.17, 15) is 22.4 Å². The molecule has 1 heterocycles. The van der Waals surface area contributed by atoms with Gasteiger partial charge >= 0.3 is 6.03 Å². The van der Waals surface area contributed by atoms with Crippen LogP contribution >= 0.6 is 12.4 Å². The second-order valence-corrected chi connectivity index (χ2v) is 12.9. The first kappa shape index (κ1) is 35.6. The number of rotatable bonds is 12. The van der Waals surface area contributed by atoms with Crippen molar-refractivity contribution in [1.29, 1.82) is 0 Å². The number of likely N-dealkylation sites (tertiary alicyclic amines) is 1. The predicted molar refractivity (Wildman–Crippen MR) is 178 cm³/mol. The Hall–Kier alpha value is -3.87. The number of halogens is 2. The highest BCUT2D eigenvalue weighted by Crippen LogP contribution is 2.27. The predicted octanol–water partition coefficient (Wildman–Crippen LogP) is 6.71. The molecule has 0 aliphatic carbocycles. The molecular weight excluding hydrogens is 621 g/mol. The van der Waals surface area contributed by atoms with Crippen molar-refractivity contribution < 1.29 is 27.1 Å². The van der Waals surface area contributed by atoms with E-state index in [0.717, 1.165) is 57.0 Å². The number of sulfonamides is 1. The Morgan fingerprint density at radius 1 is 0.978 bits per heavy atom. The molecule has 0 aromatic heterocycles. The van der Waals surface area contributed by atoms with Crippen molar-refractivity contribution in [3.8, 4) is 11.5 Å². The van der Waals surface area contributed by atoms with Gasteiger partial charge in [0.1, 0.15) is 17.3 Å². The normalized spacial score (nSPS) is 16.6. The summed E-state index contributed by atoms with van der Waals surface area (Å²) in [6.07, 6.45) is 5.81. The van der Waals surface area contributed by atoms with Gasteiger partial charge in [0.25, 0.3) is 0 Å². The lowest BCUT2D eigenvalue weighted by Crippen LogP contribution is -2.50. The Morgan fingerprint density at radius 3 is 2.24 bits per heavy atom. The van der Waals surface area contributed by atoms with Crippen LogP contribution in [0.2, 0.25) is 0 Å². The molecule has 3 aromatic carbocycles. The largest absolute Gasteiger partial charge is 0.457 e. The number of nitrogens with zero attached hydrogens (tertiary/aromatic N) is 1. The van der Waals surface area contributed by atoms with Crippen molar-refractivity contribution in [2.45, 2.75) is 64.6 Å². The molecule has 244 valence electrons. The molecule has 3 amide bonds. The quantitative estimate of drug-likeness (QED) is 0.171. The third-order valence-electron chi connectivity index (χ3n) is 7.30. The maximum Gasteiger partial charge on any atom is 0.319 e. The fourth-order valence-corrected chi connectivity index (χ4v) is 5.83. The molecule has 1 aliphatic rings. The molecule has 1 fully saturated rings. The Bertz CT molecular complexity index is 1540. The van der Waals surface area contributed by atoms with Gasteiger partial charge in [-0.2, -0.15) is 0 Å². The maximum absolute atomic E-state index is 14.3. The van der Waals surface area contributed by atoms with Gasteiger partial charge in [0.15, 0.2) is 0 Å². The molecule has 4 rings (SSSR count). The van der Waals surface area contributed by atoms with Gasteiger partial charge in [-0.3, -0.25) is 14.4 Å². The second-order valence-electron chi connectivity index (χ2n) is 11.1. The SMILES string of the molecule is CCCCC1CC(NC(=O)Nc2cc(NC(C)=O)ccc2F)CCN1Cc1ccc(Oc2ccc(NS(C)(=O)=O)cc2)cc1.Cl. The monoisotopic (exact) mass is 661 g/mol. The van der Waals surface area contributed by atoms with E-state index in [1.54, 1.807) is 24.3 Å². The van der Waals surface area contributed by atoms with Crippen molar-refractivity contribution in [2.24, 2.45) is 0 Å². The molecule has 13 heteroatoms. The van der Waals surface area contributed by atoms with E-state index in [2.05, 4.69) is 32.5 Å². The van der Waals surface area contributed by atoms with Crippen LogP contribution in [0.15, 0.2) is 66.7 Å². The van der Waals surface area contributed by atoms with Crippen LogP contribution < -0.4 is 25.4 Å². The molecule has 1 saturated heterocycles. The number of anilines is 3. The van der Waals surface area contributed by atoms with Gasteiger partial charge in [0, 0.05) is 43.5 Å². The van der Waals surface area contributed by atoms with Crippen LogP contribution in [0.3, 0.4) is 0 Å². The van der Waals surface area contributed by atoms with E-state index >= 15 is 0 Å². The smallest absolute Gasteiger partial charge is 0.319 e. The number of benzene rings is 3. The molecule has 45 heavy (non-hydrogen) atoms. The van der Waals surface area contributed by atoms with Gasteiger partial charge in [0.05, 0.1) is 11.9 Å². The van der Waals surface area contributed by atoms with Gasteiger partial charge in [-0.1, -0.05) is 31.9 Å². The summed E-state index contributed by atoms with van der Waals surface area (Å²) in [6.45, 7) is 5.09. The number of hydrogen-bond donors (Lipinski definition) is 4.